The number of nitrogens with one attached hydrogen (secondary N) is 1. The minimum Gasteiger partial charge on any atom is -0.497 e. The van der Waals surface area contributed by atoms with Gasteiger partial charge in [0.05, 0.1) is 18.6 Å². The summed E-state index contributed by atoms with van der Waals surface area (Å²) in [5, 5.41) is 10.7. The standard InChI is InChI=1S/C22H23N3O4S/c1-3-30(27,28)22-14-12-20(24-25-22)17-5-4-6-18(15-17)23-21(26)13-9-16-7-10-19(29-2)11-8-16/h4-8,10-12,14-15H,3,9,13H2,1-2H3,(H,23,26). The summed E-state index contributed by atoms with van der Waals surface area (Å²) in [5.41, 5.74) is 2.95. The van der Waals surface area contributed by atoms with Crippen molar-refractivity contribution >= 4 is 21.4 Å². The number of amides is 1. The fraction of sp³-hybridized carbons (Fsp3) is 0.227. The van der Waals surface area contributed by atoms with Crippen molar-refractivity contribution in [1.82, 2.24) is 10.2 Å². The van der Waals surface area contributed by atoms with Crippen LogP contribution in [0.15, 0.2) is 65.7 Å². The van der Waals surface area contributed by atoms with E-state index in [4.69, 9.17) is 4.74 Å². The maximum atomic E-state index is 12.3. The summed E-state index contributed by atoms with van der Waals surface area (Å²) in [6, 6.07) is 17.9. The van der Waals surface area contributed by atoms with E-state index in [1.807, 2.05) is 30.3 Å². The molecule has 1 heterocycles. The van der Waals surface area contributed by atoms with Crippen LogP contribution >= 0.6 is 0 Å². The lowest BCUT2D eigenvalue weighted by Gasteiger charge is -2.08. The molecular weight excluding hydrogens is 402 g/mol. The Balaban J connectivity index is 1.64. The average molecular weight is 426 g/mol. The Kier molecular flexibility index (Phi) is 6.79. The maximum Gasteiger partial charge on any atom is 0.224 e. The van der Waals surface area contributed by atoms with Crippen LogP contribution in [-0.4, -0.2) is 37.4 Å². The third kappa shape index (κ3) is 5.42. The molecule has 0 saturated heterocycles. The number of nitrogens with zero attached hydrogens (tertiary/aromatic N) is 2. The molecule has 0 aliphatic carbocycles. The van der Waals surface area contributed by atoms with Gasteiger partial charge in [-0.25, -0.2) is 8.42 Å². The molecule has 0 aliphatic rings. The highest BCUT2D eigenvalue weighted by atomic mass is 32.2. The topological polar surface area (TPSA) is 98.2 Å². The second kappa shape index (κ2) is 9.49. The molecule has 0 atom stereocenters. The second-order valence-electron chi connectivity index (χ2n) is 6.64. The molecule has 30 heavy (non-hydrogen) atoms. The van der Waals surface area contributed by atoms with E-state index in [1.54, 1.807) is 38.3 Å². The predicted molar refractivity (Wildman–Crippen MR) is 115 cm³/mol. The van der Waals surface area contributed by atoms with Crippen molar-refractivity contribution in [1.29, 1.82) is 0 Å². The first-order valence-electron chi connectivity index (χ1n) is 9.51. The Hall–Kier alpha value is -3.26. The lowest BCUT2D eigenvalue weighted by atomic mass is 10.1. The van der Waals surface area contributed by atoms with Gasteiger partial charge in [-0.1, -0.05) is 31.2 Å². The van der Waals surface area contributed by atoms with Gasteiger partial charge in [-0.3, -0.25) is 4.79 Å². The Morgan fingerprint density at radius 2 is 1.80 bits per heavy atom. The van der Waals surface area contributed by atoms with Crippen LogP contribution in [0.2, 0.25) is 0 Å². The number of carbonyl (C=O) groups excluding carboxylic acids is 1. The van der Waals surface area contributed by atoms with Gasteiger partial charge >= 0.3 is 0 Å². The highest BCUT2D eigenvalue weighted by molar-refractivity contribution is 7.91. The number of aromatic nitrogens is 2. The number of aryl methyl sites for hydroxylation is 1. The molecule has 7 nitrogen and oxygen atoms in total. The van der Waals surface area contributed by atoms with E-state index in [0.29, 0.717) is 24.2 Å². The van der Waals surface area contributed by atoms with E-state index in [2.05, 4.69) is 15.5 Å². The molecule has 1 N–H and O–H groups in total. The zero-order chi connectivity index (χ0) is 21.6. The number of methoxy groups -OCH3 is 1. The van der Waals surface area contributed by atoms with Crippen molar-refractivity contribution in [2.75, 3.05) is 18.2 Å². The van der Waals surface area contributed by atoms with E-state index in [0.717, 1.165) is 16.9 Å². The fourth-order valence-corrected chi connectivity index (χ4v) is 3.55. The Morgan fingerprint density at radius 1 is 1.03 bits per heavy atom. The van der Waals surface area contributed by atoms with Crippen molar-refractivity contribution in [2.24, 2.45) is 0 Å². The van der Waals surface area contributed by atoms with Crippen molar-refractivity contribution < 1.29 is 17.9 Å². The molecule has 0 spiro atoms. The zero-order valence-corrected chi connectivity index (χ0v) is 17.6. The monoisotopic (exact) mass is 425 g/mol. The first-order valence-corrected chi connectivity index (χ1v) is 11.2. The largest absolute Gasteiger partial charge is 0.497 e. The van der Waals surface area contributed by atoms with Crippen LogP contribution in [0.1, 0.15) is 18.9 Å². The number of benzene rings is 2. The third-order valence-corrected chi connectivity index (χ3v) is 6.20. The summed E-state index contributed by atoms with van der Waals surface area (Å²) in [6.45, 7) is 1.56. The number of ether oxygens (including phenoxy) is 1. The summed E-state index contributed by atoms with van der Waals surface area (Å²) >= 11 is 0. The maximum absolute atomic E-state index is 12.3. The number of carbonyl (C=O) groups is 1. The molecule has 0 bridgehead atoms. The highest BCUT2D eigenvalue weighted by Crippen LogP contribution is 2.21. The summed E-state index contributed by atoms with van der Waals surface area (Å²) in [6.07, 6.45) is 0.967. The molecule has 8 heteroatoms. The van der Waals surface area contributed by atoms with Crippen LogP contribution < -0.4 is 10.1 Å². The SMILES string of the molecule is CCS(=O)(=O)c1ccc(-c2cccc(NC(=O)CCc3ccc(OC)cc3)c2)nn1. The van der Waals surface area contributed by atoms with Crippen LogP contribution in [0.25, 0.3) is 11.3 Å². The normalized spacial score (nSPS) is 11.1. The quantitative estimate of drug-likeness (QED) is 0.593. The van der Waals surface area contributed by atoms with Crippen molar-refractivity contribution in [3.63, 3.8) is 0 Å². The molecule has 3 aromatic rings. The molecule has 1 amide bonds. The Bertz CT molecular complexity index is 1110. The molecule has 1 aromatic heterocycles. The van der Waals surface area contributed by atoms with Crippen LogP contribution in [0.4, 0.5) is 5.69 Å². The lowest BCUT2D eigenvalue weighted by Crippen LogP contribution is -2.12. The molecule has 0 unspecified atom stereocenters. The zero-order valence-electron chi connectivity index (χ0n) is 16.8. The highest BCUT2D eigenvalue weighted by Gasteiger charge is 2.14. The third-order valence-electron chi connectivity index (χ3n) is 4.58. The average Bonchev–Trinajstić information content (AvgIpc) is 2.78. The molecule has 0 radical (unpaired) electrons. The summed E-state index contributed by atoms with van der Waals surface area (Å²) < 4.78 is 28.9. The first kappa shape index (κ1) is 21.4. The summed E-state index contributed by atoms with van der Waals surface area (Å²) in [4.78, 5) is 12.3. The lowest BCUT2D eigenvalue weighted by molar-refractivity contribution is -0.116. The molecule has 156 valence electrons. The summed E-state index contributed by atoms with van der Waals surface area (Å²) in [5.74, 6) is 0.654. The van der Waals surface area contributed by atoms with Gasteiger partial charge in [0.2, 0.25) is 5.91 Å². The molecule has 3 rings (SSSR count). The van der Waals surface area contributed by atoms with Crippen LogP contribution in [0, 0.1) is 0 Å². The predicted octanol–water partition coefficient (Wildman–Crippen LogP) is 3.52. The fourth-order valence-electron chi connectivity index (χ4n) is 2.82. The molecular formula is C22H23N3O4S. The van der Waals surface area contributed by atoms with E-state index in [1.165, 1.54) is 6.07 Å². The van der Waals surface area contributed by atoms with Crippen LogP contribution in [0.5, 0.6) is 5.75 Å². The van der Waals surface area contributed by atoms with Crippen LogP contribution in [-0.2, 0) is 21.1 Å². The molecule has 0 fully saturated rings. The molecule has 0 aliphatic heterocycles. The van der Waals surface area contributed by atoms with Gasteiger partial charge < -0.3 is 10.1 Å². The minimum atomic E-state index is -3.39. The van der Waals surface area contributed by atoms with E-state index < -0.39 is 9.84 Å². The van der Waals surface area contributed by atoms with Gasteiger partial charge in [-0.2, -0.15) is 0 Å². The minimum absolute atomic E-state index is 0.0287. The summed E-state index contributed by atoms with van der Waals surface area (Å²) in [7, 11) is -1.78. The van der Waals surface area contributed by atoms with Crippen molar-refractivity contribution in [3.05, 3.63) is 66.2 Å². The van der Waals surface area contributed by atoms with Crippen LogP contribution in [0.3, 0.4) is 0 Å². The van der Waals surface area contributed by atoms with Gasteiger partial charge in [0.1, 0.15) is 5.75 Å². The number of sulfone groups is 1. The van der Waals surface area contributed by atoms with Crippen molar-refractivity contribution in [2.45, 2.75) is 24.8 Å². The number of rotatable bonds is 8. The second-order valence-corrected chi connectivity index (χ2v) is 8.86. The van der Waals surface area contributed by atoms with E-state index in [9.17, 15) is 13.2 Å². The first-order chi connectivity index (χ1) is 14.4. The Labute approximate surface area is 176 Å². The van der Waals surface area contributed by atoms with Crippen molar-refractivity contribution in [3.8, 4) is 17.0 Å². The molecule has 2 aromatic carbocycles. The smallest absolute Gasteiger partial charge is 0.224 e. The number of hydrogen-bond acceptors (Lipinski definition) is 6. The van der Waals surface area contributed by atoms with Gasteiger partial charge in [-0.05, 0) is 48.4 Å². The van der Waals surface area contributed by atoms with E-state index >= 15 is 0 Å². The van der Waals surface area contributed by atoms with Gasteiger partial charge in [0.25, 0.3) is 0 Å². The number of anilines is 1. The van der Waals surface area contributed by atoms with Gasteiger partial charge in [-0.15, -0.1) is 10.2 Å². The number of hydrogen-bond donors (Lipinski definition) is 1. The van der Waals surface area contributed by atoms with Gasteiger partial charge in [0, 0.05) is 17.7 Å². The molecule has 0 saturated carbocycles. The van der Waals surface area contributed by atoms with E-state index in [-0.39, 0.29) is 16.7 Å². The van der Waals surface area contributed by atoms with Gasteiger partial charge in [0.15, 0.2) is 14.9 Å². The Morgan fingerprint density at radius 3 is 2.43 bits per heavy atom.